The van der Waals surface area contributed by atoms with Crippen molar-refractivity contribution in [2.45, 2.75) is 31.8 Å². The Morgan fingerprint density at radius 1 is 1.47 bits per heavy atom. The molecule has 1 spiro atoms. The van der Waals surface area contributed by atoms with E-state index in [0.717, 1.165) is 6.42 Å². The Kier molecular flexibility index (Phi) is 4.42. The minimum absolute atomic E-state index is 0.195. The van der Waals surface area contributed by atoms with Gasteiger partial charge in [-0.05, 0) is 25.7 Å². The van der Waals surface area contributed by atoms with Gasteiger partial charge in [-0.1, -0.05) is 0 Å². The molecule has 2 aliphatic rings. The summed E-state index contributed by atoms with van der Waals surface area (Å²) in [5.41, 5.74) is -0.400. The van der Waals surface area contributed by atoms with Crippen LogP contribution in [-0.4, -0.2) is 49.1 Å². The van der Waals surface area contributed by atoms with E-state index in [1.165, 1.54) is 0 Å². The maximum atomic E-state index is 11.8. The zero-order valence-electron chi connectivity index (χ0n) is 11.1. The van der Waals surface area contributed by atoms with Crippen LogP contribution in [0.4, 0.5) is 0 Å². The number of esters is 1. The van der Waals surface area contributed by atoms with Crippen LogP contribution in [-0.2, 0) is 23.8 Å². The number of aliphatic carboxylic acids is 1. The van der Waals surface area contributed by atoms with Gasteiger partial charge in [-0.2, -0.15) is 0 Å². The fourth-order valence-electron chi connectivity index (χ4n) is 2.94. The molecule has 1 N–H and O–H groups in total. The largest absolute Gasteiger partial charge is 0.481 e. The van der Waals surface area contributed by atoms with Gasteiger partial charge in [-0.25, -0.2) is 0 Å². The molecule has 19 heavy (non-hydrogen) atoms. The zero-order chi connectivity index (χ0) is 13.9. The van der Waals surface area contributed by atoms with Crippen LogP contribution >= 0.6 is 0 Å². The average Bonchev–Trinajstić information content (AvgIpc) is 2.77. The van der Waals surface area contributed by atoms with Crippen LogP contribution in [0.5, 0.6) is 0 Å². The molecule has 2 saturated heterocycles. The Balaban J connectivity index is 2.08. The summed E-state index contributed by atoms with van der Waals surface area (Å²) in [6.07, 6.45) is 1.87. The van der Waals surface area contributed by atoms with E-state index in [4.69, 9.17) is 14.2 Å². The molecule has 0 bridgehead atoms. The molecule has 0 amide bonds. The van der Waals surface area contributed by atoms with Crippen molar-refractivity contribution in [2.75, 3.05) is 26.4 Å². The number of hydrogen-bond acceptors (Lipinski definition) is 5. The first kappa shape index (κ1) is 14.3. The summed E-state index contributed by atoms with van der Waals surface area (Å²) in [6, 6.07) is 0. The number of carbonyl (C=O) groups excluding carboxylic acids is 1. The maximum absolute atomic E-state index is 11.8. The second kappa shape index (κ2) is 5.88. The Morgan fingerprint density at radius 3 is 2.84 bits per heavy atom. The third-order valence-corrected chi connectivity index (χ3v) is 3.88. The third kappa shape index (κ3) is 3.06. The first-order valence-electron chi connectivity index (χ1n) is 6.69. The molecular formula is C13H20O6. The monoisotopic (exact) mass is 272 g/mol. The van der Waals surface area contributed by atoms with Gasteiger partial charge in [0.1, 0.15) is 0 Å². The van der Waals surface area contributed by atoms with Gasteiger partial charge in [0.25, 0.3) is 0 Å². The topological polar surface area (TPSA) is 82.1 Å². The molecule has 3 atom stereocenters. The molecule has 0 aromatic rings. The Bertz CT molecular complexity index is 347. The molecule has 0 aromatic heterocycles. The second-order valence-corrected chi connectivity index (χ2v) is 5.15. The quantitative estimate of drug-likeness (QED) is 0.603. The molecule has 0 aromatic carbocycles. The Labute approximate surface area is 112 Å². The van der Waals surface area contributed by atoms with E-state index in [2.05, 4.69) is 0 Å². The number of rotatable bonds is 4. The molecule has 108 valence electrons. The van der Waals surface area contributed by atoms with Gasteiger partial charge in [-0.3, -0.25) is 9.59 Å². The lowest BCUT2D eigenvalue weighted by atomic mass is 9.78. The van der Waals surface area contributed by atoms with E-state index in [-0.39, 0.29) is 12.5 Å². The summed E-state index contributed by atoms with van der Waals surface area (Å²) in [7, 11) is 0. The van der Waals surface area contributed by atoms with Crippen LogP contribution in [0, 0.1) is 11.8 Å². The number of carbonyl (C=O) groups is 2. The maximum Gasteiger partial charge on any atom is 0.320 e. The van der Waals surface area contributed by atoms with Crippen LogP contribution in [0.3, 0.4) is 0 Å². The van der Waals surface area contributed by atoms with Crippen LogP contribution < -0.4 is 0 Å². The van der Waals surface area contributed by atoms with E-state index < -0.39 is 23.5 Å². The lowest BCUT2D eigenvalue weighted by Gasteiger charge is -2.38. The number of carboxylic acid groups (broad SMARTS) is 1. The molecular weight excluding hydrogens is 252 g/mol. The second-order valence-electron chi connectivity index (χ2n) is 5.15. The Morgan fingerprint density at radius 2 is 2.26 bits per heavy atom. The van der Waals surface area contributed by atoms with E-state index in [1.54, 1.807) is 6.92 Å². The molecule has 2 heterocycles. The number of hydrogen-bond donors (Lipinski definition) is 1. The molecule has 6 heteroatoms. The van der Waals surface area contributed by atoms with Crippen molar-refractivity contribution in [1.82, 2.24) is 0 Å². The van der Waals surface area contributed by atoms with Crippen molar-refractivity contribution in [2.24, 2.45) is 11.8 Å². The van der Waals surface area contributed by atoms with Gasteiger partial charge < -0.3 is 19.3 Å². The van der Waals surface area contributed by atoms with Crippen LogP contribution in [0.25, 0.3) is 0 Å². The highest BCUT2D eigenvalue weighted by Crippen LogP contribution is 2.39. The van der Waals surface area contributed by atoms with Crippen LogP contribution in [0.2, 0.25) is 0 Å². The highest BCUT2D eigenvalue weighted by Gasteiger charge is 2.47. The molecule has 6 nitrogen and oxygen atoms in total. The summed E-state index contributed by atoms with van der Waals surface area (Å²) < 4.78 is 16.0. The van der Waals surface area contributed by atoms with Crippen LogP contribution in [0.1, 0.15) is 26.2 Å². The molecule has 0 radical (unpaired) electrons. The lowest BCUT2D eigenvalue weighted by Crippen LogP contribution is -2.45. The fourth-order valence-corrected chi connectivity index (χ4v) is 2.94. The van der Waals surface area contributed by atoms with Gasteiger partial charge in [0.05, 0.1) is 18.8 Å². The lowest BCUT2D eigenvalue weighted by molar-refractivity contribution is -0.167. The van der Waals surface area contributed by atoms with E-state index in [1.807, 2.05) is 0 Å². The van der Waals surface area contributed by atoms with Gasteiger partial charge in [0.15, 0.2) is 5.92 Å². The SMILES string of the molecule is CCOC(=O)C(C(=O)O)C1CCOC2(CCOC2)C1. The number of carboxylic acids is 1. The van der Waals surface area contributed by atoms with Crippen molar-refractivity contribution < 1.29 is 28.9 Å². The molecule has 2 fully saturated rings. The zero-order valence-corrected chi connectivity index (χ0v) is 11.1. The molecule has 2 rings (SSSR count). The summed E-state index contributed by atoms with van der Waals surface area (Å²) in [5.74, 6) is -3.09. The first-order chi connectivity index (χ1) is 9.08. The summed E-state index contributed by atoms with van der Waals surface area (Å²) in [5, 5.41) is 9.28. The number of ether oxygens (including phenoxy) is 3. The van der Waals surface area contributed by atoms with Gasteiger partial charge in [0, 0.05) is 19.6 Å². The van der Waals surface area contributed by atoms with Gasteiger partial charge in [-0.15, -0.1) is 0 Å². The van der Waals surface area contributed by atoms with Gasteiger partial charge in [0.2, 0.25) is 0 Å². The molecule has 2 aliphatic heterocycles. The van der Waals surface area contributed by atoms with Crippen LogP contribution in [0.15, 0.2) is 0 Å². The fraction of sp³-hybridized carbons (Fsp3) is 0.846. The smallest absolute Gasteiger partial charge is 0.320 e. The van der Waals surface area contributed by atoms with Gasteiger partial charge >= 0.3 is 11.9 Å². The minimum Gasteiger partial charge on any atom is -0.481 e. The first-order valence-corrected chi connectivity index (χ1v) is 6.69. The van der Waals surface area contributed by atoms with E-state index in [9.17, 15) is 14.7 Å². The van der Waals surface area contributed by atoms with E-state index in [0.29, 0.717) is 32.7 Å². The highest BCUT2D eigenvalue weighted by atomic mass is 16.6. The van der Waals surface area contributed by atoms with Crippen molar-refractivity contribution in [3.8, 4) is 0 Å². The van der Waals surface area contributed by atoms with E-state index >= 15 is 0 Å². The average molecular weight is 272 g/mol. The minimum atomic E-state index is -1.11. The summed E-state index contributed by atoms with van der Waals surface area (Å²) in [6.45, 7) is 3.45. The standard InChI is InChI=1S/C13H20O6/c1-2-18-12(16)10(11(14)15)9-3-5-19-13(7-9)4-6-17-8-13/h9-10H,2-8H2,1H3,(H,14,15). The molecule has 0 aliphatic carbocycles. The predicted molar refractivity (Wildman–Crippen MR) is 64.6 cm³/mol. The summed E-state index contributed by atoms with van der Waals surface area (Å²) >= 11 is 0. The normalized spacial score (nSPS) is 32.2. The van der Waals surface area contributed by atoms with Crippen molar-refractivity contribution in [1.29, 1.82) is 0 Å². The van der Waals surface area contributed by atoms with Crippen molar-refractivity contribution >= 4 is 11.9 Å². The Hall–Kier alpha value is -1.14. The molecule has 0 saturated carbocycles. The summed E-state index contributed by atoms with van der Waals surface area (Å²) in [4.78, 5) is 23.2. The third-order valence-electron chi connectivity index (χ3n) is 3.88. The molecule has 3 unspecified atom stereocenters. The van der Waals surface area contributed by atoms with Crippen molar-refractivity contribution in [3.05, 3.63) is 0 Å². The predicted octanol–water partition coefficient (Wildman–Crippen LogP) is 0.836. The highest BCUT2D eigenvalue weighted by molar-refractivity contribution is 5.94. The van der Waals surface area contributed by atoms with Crippen molar-refractivity contribution in [3.63, 3.8) is 0 Å².